The third-order valence-electron chi connectivity index (χ3n) is 3.18. The molecule has 1 N–H and O–H groups in total. The number of nitriles is 1. The minimum atomic E-state index is -2.90. The summed E-state index contributed by atoms with van der Waals surface area (Å²) in [4.78, 5) is 2.08. The fourth-order valence-corrected chi connectivity index (χ4v) is 4.05. The molecule has 0 radical (unpaired) electrons. The van der Waals surface area contributed by atoms with Gasteiger partial charge in [-0.25, -0.2) is 8.42 Å². The molecule has 0 bridgehead atoms. The summed E-state index contributed by atoms with van der Waals surface area (Å²) in [5.74, 6) is 0.386. The van der Waals surface area contributed by atoms with Crippen LogP contribution in [0.2, 0.25) is 0 Å². The maximum Gasteiger partial charge on any atom is 0.153 e. The van der Waals surface area contributed by atoms with E-state index in [2.05, 4.69) is 16.3 Å². The molecule has 0 aromatic heterocycles. The van der Waals surface area contributed by atoms with E-state index >= 15 is 0 Å². The molecule has 0 aromatic carbocycles. The molecule has 1 aliphatic rings. The molecule has 6 heteroatoms. The zero-order valence-electron chi connectivity index (χ0n) is 11.6. The van der Waals surface area contributed by atoms with Gasteiger partial charge in [-0.2, -0.15) is 5.26 Å². The molecule has 104 valence electrons. The second kappa shape index (κ2) is 5.55. The van der Waals surface area contributed by atoms with E-state index in [1.54, 1.807) is 0 Å². The average Bonchev–Trinajstić information content (AvgIpc) is 2.21. The van der Waals surface area contributed by atoms with Crippen LogP contribution in [0.3, 0.4) is 0 Å². The van der Waals surface area contributed by atoms with Gasteiger partial charge in [-0.1, -0.05) is 0 Å². The first-order chi connectivity index (χ1) is 8.17. The predicted molar refractivity (Wildman–Crippen MR) is 72.0 cm³/mol. The van der Waals surface area contributed by atoms with Gasteiger partial charge in [0.05, 0.1) is 17.6 Å². The first-order valence-corrected chi connectivity index (χ1v) is 8.13. The van der Waals surface area contributed by atoms with Gasteiger partial charge in [0, 0.05) is 25.2 Å². The predicted octanol–water partition coefficient (Wildman–Crippen LogP) is 0.386. The molecule has 1 fully saturated rings. The van der Waals surface area contributed by atoms with E-state index in [1.165, 1.54) is 0 Å². The van der Waals surface area contributed by atoms with Crippen molar-refractivity contribution in [3.05, 3.63) is 0 Å². The quantitative estimate of drug-likeness (QED) is 0.802. The summed E-state index contributed by atoms with van der Waals surface area (Å²) in [6.07, 6.45) is 0. The van der Waals surface area contributed by atoms with Gasteiger partial charge in [0.15, 0.2) is 9.84 Å². The van der Waals surface area contributed by atoms with Crippen LogP contribution in [-0.4, -0.2) is 55.5 Å². The molecule has 0 spiro atoms. The lowest BCUT2D eigenvalue weighted by molar-refractivity contribution is 0.179. The van der Waals surface area contributed by atoms with Gasteiger partial charge in [0.25, 0.3) is 0 Å². The molecule has 1 saturated heterocycles. The van der Waals surface area contributed by atoms with Crippen molar-refractivity contribution in [2.45, 2.75) is 45.3 Å². The lowest BCUT2D eigenvalue weighted by atomic mass is 10.0. The molecule has 1 heterocycles. The minimum Gasteiger partial charge on any atom is -0.296 e. The highest BCUT2D eigenvalue weighted by atomic mass is 32.2. The summed E-state index contributed by atoms with van der Waals surface area (Å²) >= 11 is 0. The fraction of sp³-hybridized carbons (Fsp3) is 0.917. The van der Waals surface area contributed by atoms with E-state index in [1.807, 2.05) is 27.7 Å². The Morgan fingerprint density at radius 3 is 2.61 bits per heavy atom. The summed E-state index contributed by atoms with van der Waals surface area (Å²) < 4.78 is 23.0. The van der Waals surface area contributed by atoms with Crippen LogP contribution in [0.15, 0.2) is 0 Å². The smallest absolute Gasteiger partial charge is 0.153 e. The van der Waals surface area contributed by atoms with Crippen LogP contribution in [0.4, 0.5) is 0 Å². The first-order valence-electron chi connectivity index (χ1n) is 6.31. The molecule has 2 atom stereocenters. The maximum absolute atomic E-state index is 11.5. The summed E-state index contributed by atoms with van der Waals surface area (Å²) in [6.45, 7) is 8.84. The Kier molecular flexibility index (Phi) is 4.76. The van der Waals surface area contributed by atoms with Crippen molar-refractivity contribution in [2.75, 3.05) is 24.6 Å². The van der Waals surface area contributed by atoms with Crippen LogP contribution in [-0.2, 0) is 9.84 Å². The number of hydrogen-bond acceptors (Lipinski definition) is 5. The number of nitrogens with one attached hydrogen (secondary N) is 1. The van der Waals surface area contributed by atoms with E-state index in [4.69, 9.17) is 0 Å². The Labute approximate surface area is 110 Å². The lowest BCUT2D eigenvalue weighted by Crippen LogP contribution is -2.57. The largest absolute Gasteiger partial charge is 0.296 e. The van der Waals surface area contributed by atoms with Crippen LogP contribution in [0.5, 0.6) is 0 Å². The van der Waals surface area contributed by atoms with Crippen molar-refractivity contribution in [3.63, 3.8) is 0 Å². The second-order valence-corrected chi connectivity index (χ2v) is 7.91. The Morgan fingerprint density at radius 1 is 1.56 bits per heavy atom. The third kappa shape index (κ3) is 4.23. The summed E-state index contributed by atoms with van der Waals surface area (Å²) in [6, 6.07) is 2.49. The van der Waals surface area contributed by atoms with Crippen molar-refractivity contribution < 1.29 is 8.42 Å². The summed E-state index contributed by atoms with van der Waals surface area (Å²) in [7, 11) is -2.90. The normalized spacial score (nSPS) is 27.7. The minimum absolute atomic E-state index is 0.0228. The Hall–Kier alpha value is -0.640. The SMILES string of the molecule is CC(C)NC(C)(C#N)CN1CCS(=O)(=O)CC1C. The topological polar surface area (TPSA) is 73.2 Å². The number of rotatable bonds is 4. The van der Waals surface area contributed by atoms with Gasteiger partial charge in [0.2, 0.25) is 0 Å². The highest BCUT2D eigenvalue weighted by Gasteiger charge is 2.34. The summed E-state index contributed by atoms with van der Waals surface area (Å²) in [5, 5.41) is 12.5. The molecule has 0 saturated carbocycles. The molecular formula is C12H23N3O2S. The highest BCUT2D eigenvalue weighted by molar-refractivity contribution is 7.91. The van der Waals surface area contributed by atoms with E-state index in [0.717, 1.165) is 0 Å². The zero-order chi connectivity index (χ0) is 14.0. The van der Waals surface area contributed by atoms with Crippen LogP contribution >= 0.6 is 0 Å². The van der Waals surface area contributed by atoms with Crippen LogP contribution in [0.1, 0.15) is 27.7 Å². The molecule has 2 unspecified atom stereocenters. The van der Waals surface area contributed by atoms with Gasteiger partial charge in [-0.05, 0) is 27.7 Å². The van der Waals surface area contributed by atoms with E-state index in [-0.39, 0.29) is 23.6 Å². The number of hydrogen-bond donors (Lipinski definition) is 1. The molecular weight excluding hydrogens is 250 g/mol. The van der Waals surface area contributed by atoms with Crippen molar-refractivity contribution in [1.82, 2.24) is 10.2 Å². The maximum atomic E-state index is 11.5. The van der Waals surface area contributed by atoms with Crippen LogP contribution in [0, 0.1) is 11.3 Å². The first kappa shape index (κ1) is 15.4. The Bertz CT molecular complexity index is 427. The average molecular weight is 273 g/mol. The standard InChI is InChI=1S/C12H23N3O2S/c1-10(2)14-12(4,8-13)9-15-5-6-18(16,17)7-11(15)3/h10-11,14H,5-7,9H2,1-4H3. The highest BCUT2D eigenvalue weighted by Crippen LogP contribution is 2.15. The van der Waals surface area contributed by atoms with Crippen molar-refractivity contribution >= 4 is 9.84 Å². The third-order valence-corrected chi connectivity index (χ3v) is 4.98. The number of nitrogens with zero attached hydrogens (tertiary/aromatic N) is 2. The van der Waals surface area contributed by atoms with Crippen molar-refractivity contribution in [1.29, 1.82) is 5.26 Å². The van der Waals surface area contributed by atoms with E-state index in [9.17, 15) is 13.7 Å². The monoisotopic (exact) mass is 273 g/mol. The molecule has 1 aliphatic heterocycles. The van der Waals surface area contributed by atoms with Gasteiger partial charge in [-0.15, -0.1) is 0 Å². The molecule has 5 nitrogen and oxygen atoms in total. The Morgan fingerprint density at radius 2 is 2.17 bits per heavy atom. The van der Waals surface area contributed by atoms with Crippen LogP contribution < -0.4 is 5.32 Å². The molecule has 0 amide bonds. The van der Waals surface area contributed by atoms with Gasteiger partial charge < -0.3 is 0 Å². The van der Waals surface area contributed by atoms with Crippen molar-refractivity contribution in [2.24, 2.45) is 0 Å². The van der Waals surface area contributed by atoms with E-state index in [0.29, 0.717) is 13.1 Å². The molecule has 1 rings (SSSR count). The molecule has 0 aliphatic carbocycles. The zero-order valence-corrected chi connectivity index (χ0v) is 12.4. The van der Waals surface area contributed by atoms with Gasteiger partial charge in [0.1, 0.15) is 5.54 Å². The lowest BCUT2D eigenvalue weighted by Gasteiger charge is -2.38. The molecule has 18 heavy (non-hydrogen) atoms. The van der Waals surface area contributed by atoms with Crippen LogP contribution in [0.25, 0.3) is 0 Å². The fourth-order valence-electron chi connectivity index (χ4n) is 2.42. The Balaban J connectivity index is 2.70. The van der Waals surface area contributed by atoms with Gasteiger partial charge >= 0.3 is 0 Å². The van der Waals surface area contributed by atoms with E-state index < -0.39 is 15.4 Å². The second-order valence-electron chi connectivity index (χ2n) is 5.68. The van der Waals surface area contributed by atoms with Crippen molar-refractivity contribution in [3.8, 4) is 6.07 Å². The number of sulfone groups is 1. The van der Waals surface area contributed by atoms with Gasteiger partial charge in [-0.3, -0.25) is 10.2 Å². The summed E-state index contributed by atoms with van der Waals surface area (Å²) in [5.41, 5.74) is -0.635. The molecule has 0 aromatic rings.